The van der Waals surface area contributed by atoms with Gasteiger partial charge in [-0.05, 0) is 56.4 Å². The molecule has 182 valence electrons. The number of aryl methyl sites for hydroxylation is 2. The van der Waals surface area contributed by atoms with Crippen LogP contribution in [0.2, 0.25) is 0 Å². The van der Waals surface area contributed by atoms with Crippen LogP contribution in [-0.2, 0) is 17.1 Å². The second-order valence-corrected chi connectivity index (χ2v) is 12.7. The second kappa shape index (κ2) is 7.38. The summed E-state index contributed by atoms with van der Waals surface area (Å²) in [5.74, 6) is 0.642. The molecule has 0 radical (unpaired) electrons. The zero-order valence-electron chi connectivity index (χ0n) is 20.3. The summed E-state index contributed by atoms with van der Waals surface area (Å²) in [5.41, 5.74) is 4.86. The third kappa shape index (κ3) is 2.93. The van der Waals surface area contributed by atoms with Gasteiger partial charge in [-0.15, -0.1) is 0 Å². The molecular weight excluding hydrogens is 450 g/mol. The van der Waals surface area contributed by atoms with Crippen molar-refractivity contribution in [2.24, 2.45) is 24.3 Å². The Hall–Kier alpha value is -2.23. The van der Waals surface area contributed by atoms with Crippen LogP contribution in [-0.4, -0.2) is 56.4 Å². The van der Waals surface area contributed by atoms with Gasteiger partial charge in [0.25, 0.3) is 0 Å². The van der Waals surface area contributed by atoms with Gasteiger partial charge in [0.1, 0.15) is 4.90 Å². The second-order valence-electron chi connectivity index (χ2n) is 10.8. The highest BCUT2D eigenvalue weighted by atomic mass is 32.2. The van der Waals surface area contributed by atoms with Gasteiger partial charge in [0.05, 0.1) is 41.8 Å². The Bertz CT molecular complexity index is 1330. The Balaban J connectivity index is 1.20. The number of sulfonamides is 1. The molecule has 1 spiro atoms. The molecule has 2 aromatic rings. The zero-order valence-corrected chi connectivity index (χ0v) is 21.1. The molecule has 1 saturated carbocycles. The fraction of sp³-hybridized carbons (Fsp3) is 0.600. The fourth-order valence-electron chi connectivity index (χ4n) is 7.00. The van der Waals surface area contributed by atoms with Crippen molar-refractivity contribution in [3.63, 3.8) is 0 Å². The molecule has 2 aromatic heterocycles. The molecule has 9 heteroatoms. The summed E-state index contributed by atoms with van der Waals surface area (Å²) in [6, 6.07) is 0.156. The van der Waals surface area contributed by atoms with Gasteiger partial charge in [0.2, 0.25) is 10.0 Å². The molecule has 1 unspecified atom stereocenters. The first kappa shape index (κ1) is 22.2. The lowest BCUT2D eigenvalue weighted by Crippen LogP contribution is -2.60. The Morgan fingerprint density at radius 1 is 1.21 bits per heavy atom. The van der Waals surface area contributed by atoms with Crippen molar-refractivity contribution in [2.75, 3.05) is 13.1 Å². The van der Waals surface area contributed by atoms with Crippen molar-refractivity contribution in [1.29, 1.82) is 0 Å². The molecular formula is C25H33N5O3S. The van der Waals surface area contributed by atoms with Crippen LogP contribution in [0, 0.1) is 31.1 Å². The number of hydrogen-bond donors (Lipinski definition) is 1. The number of allylic oxidation sites excluding steroid dienone is 4. The van der Waals surface area contributed by atoms with E-state index in [0.717, 1.165) is 18.5 Å². The predicted octanol–water partition coefficient (Wildman–Crippen LogP) is 2.99. The number of piperidine rings is 1. The summed E-state index contributed by atoms with van der Waals surface area (Å²) in [5, 5.41) is 15.8. The molecule has 6 rings (SSSR count). The SMILES string of the molecule is Cc1nn(C)c(C)c1S(=O)(=O)N1CCC2(CC1)C[C@@H]([C@H]1C3=C(C=CC(C)C3)c3cncn31)[C@H]2O. The molecule has 0 bridgehead atoms. The quantitative estimate of drug-likeness (QED) is 0.725. The normalized spacial score (nSPS) is 30.5. The molecule has 2 fully saturated rings. The van der Waals surface area contributed by atoms with Gasteiger partial charge in [0.15, 0.2) is 0 Å². The van der Waals surface area contributed by atoms with E-state index in [1.807, 2.05) is 12.5 Å². The number of aliphatic hydroxyl groups is 1. The summed E-state index contributed by atoms with van der Waals surface area (Å²) in [6.45, 7) is 6.67. The van der Waals surface area contributed by atoms with E-state index in [9.17, 15) is 13.5 Å². The minimum atomic E-state index is -3.60. The summed E-state index contributed by atoms with van der Waals surface area (Å²) < 4.78 is 32.3. The molecule has 2 aliphatic heterocycles. The topological polar surface area (TPSA) is 93.3 Å². The standard InChI is InChI=1S/C25H33N5O3S/c1-15-5-6-18-19(11-15)22(30-14-26-13-21(18)30)20-12-25(24(20)31)7-9-29(10-8-25)34(32,33)23-16(2)27-28(4)17(23)3/h5-6,13-15,20,22,24,31H,7-12H2,1-4H3/t15?,20-,22+,24+/m0/s1. The Kier molecular flexibility index (Phi) is 4.83. The number of fused-ring (bicyclic) bond motifs is 2. The fourth-order valence-corrected chi connectivity index (χ4v) is 8.84. The molecule has 0 aromatic carbocycles. The number of nitrogens with zero attached hydrogens (tertiary/aromatic N) is 5. The first-order chi connectivity index (χ1) is 16.1. The monoisotopic (exact) mass is 483 g/mol. The maximum atomic E-state index is 13.4. The van der Waals surface area contributed by atoms with Crippen LogP contribution in [0.5, 0.6) is 0 Å². The third-order valence-corrected chi connectivity index (χ3v) is 11.1. The van der Waals surface area contributed by atoms with E-state index in [1.54, 1.807) is 29.9 Å². The Morgan fingerprint density at radius 3 is 2.59 bits per heavy atom. The minimum absolute atomic E-state index is 0.144. The van der Waals surface area contributed by atoms with Crippen molar-refractivity contribution in [1.82, 2.24) is 23.6 Å². The average molecular weight is 484 g/mol. The summed E-state index contributed by atoms with van der Waals surface area (Å²) in [4.78, 5) is 4.72. The zero-order chi connectivity index (χ0) is 24.0. The van der Waals surface area contributed by atoms with Gasteiger partial charge >= 0.3 is 0 Å². The maximum Gasteiger partial charge on any atom is 0.246 e. The van der Waals surface area contributed by atoms with E-state index in [1.165, 1.54) is 11.1 Å². The Morgan fingerprint density at radius 2 is 1.94 bits per heavy atom. The van der Waals surface area contributed by atoms with Gasteiger partial charge in [-0.2, -0.15) is 9.40 Å². The van der Waals surface area contributed by atoms with Crippen LogP contribution < -0.4 is 0 Å². The smallest absolute Gasteiger partial charge is 0.246 e. The first-order valence-corrected chi connectivity index (χ1v) is 13.7. The molecule has 4 heterocycles. The van der Waals surface area contributed by atoms with Crippen molar-refractivity contribution < 1.29 is 13.5 Å². The number of aliphatic hydroxyl groups excluding tert-OH is 1. The average Bonchev–Trinajstić information content (AvgIpc) is 3.45. The molecule has 0 amide bonds. The predicted molar refractivity (Wildman–Crippen MR) is 128 cm³/mol. The highest BCUT2D eigenvalue weighted by molar-refractivity contribution is 7.89. The van der Waals surface area contributed by atoms with Crippen molar-refractivity contribution >= 4 is 15.6 Å². The van der Waals surface area contributed by atoms with Crippen molar-refractivity contribution in [3.8, 4) is 0 Å². The summed E-state index contributed by atoms with van der Waals surface area (Å²) >= 11 is 0. The lowest BCUT2D eigenvalue weighted by atomic mass is 9.52. The van der Waals surface area contributed by atoms with Crippen molar-refractivity contribution in [3.05, 3.63) is 47.3 Å². The van der Waals surface area contributed by atoms with Crippen LogP contribution in [0.1, 0.15) is 55.7 Å². The number of hydrogen-bond acceptors (Lipinski definition) is 5. The van der Waals surface area contributed by atoms with E-state index >= 15 is 0 Å². The number of imidazole rings is 1. The molecule has 4 atom stereocenters. The van der Waals surface area contributed by atoms with Crippen LogP contribution in [0.3, 0.4) is 0 Å². The molecule has 2 aliphatic carbocycles. The van der Waals surface area contributed by atoms with Gasteiger partial charge < -0.3 is 9.67 Å². The molecule has 34 heavy (non-hydrogen) atoms. The number of aromatic nitrogens is 4. The van der Waals surface area contributed by atoms with E-state index in [4.69, 9.17) is 0 Å². The van der Waals surface area contributed by atoms with E-state index < -0.39 is 16.1 Å². The van der Waals surface area contributed by atoms with Gasteiger partial charge in [-0.3, -0.25) is 4.68 Å². The van der Waals surface area contributed by atoms with Gasteiger partial charge in [-0.25, -0.2) is 13.4 Å². The minimum Gasteiger partial charge on any atom is -0.392 e. The number of rotatable bonds is 3. The third-order valence-electron chi connectivity index (χ3n) is 8.92. The first-order valence-electron chi connectivity index (χ1n) is 12.3. The van der Waals surface area contributed by atoms with Crippen LogP contribution in [0.25, 0.3) is 5.57 Å². The maximum absolute atomic E-state index is 13.4. The largest absolute Gasteiger partial charge is 0.392 e. The highest BCUT2D eigenvalue weighted by Crippen LogP contribution is 2.60. The molecule has 8 nitrogen and oxygen atoms in total. The lowest BCUT2D eigenvalue weighted by molar-refractivity contribution is -0.153. The highest BCUT2D eigenvalue weighted by Gasteiger charge is 2.59. The van der Waals surface area contributed by atoms with E-state index in [0.29, 0.717) is 48.1 Å². The lowest BCUT2D eigenvalue weighted by Gasteiger charge is -2.58. The molecule has 1 saturated heterocycles. The molecule has 4 aliphatic rings. The van der Waals surface area contributed by atoms with Crippen molar-refractivity contribution in [2.45, 2.75) is 63.5 Å². The van der Waals surface area contributed by atoms with Crippen LogP contribution in [0.4, 0.5) is 0 Å². The van der Waals surface area contributed by atoms with Crippen LogP contribution in [0.15, 0.2) is 35.1 Å². The van der Waals surface area contributed by atoms with Gasteiger partial charge in [0, 0.05) is 31.6 Å². The summed E-state index contributed by atoms with van der Waals surface area (Å²) in [6.07, 6.45) is 11.2. The summed E-state index contributed by atoms with van der Waals surface area (Å²) in [7, 11) is -1.82. The van der Waals surface area contributed by atoms with E-state index in [2.05, 4.69) is 33.7 Å². The van der Waals surface area contributed by atoms with Gasteiger partial charge in [-0.1, -0.05) is 19.1 Å². The Labute approximate surface area is 201 Å². The molecule has 1 N–H and O–H groups in total. The van der Waals surface area contributed by atoms with Crippen LogP contribution >= 0.6 is 0 Å². The van der Waals surface area contributed by atoms with E-state index in [-0.39, 0.29) is 17.4 Å².